The van der Waals surface area contributed by atoms with E-state index >= 15 is 0 Å². The van der Waals surface area contributed by atoms with E-state index in [4.69, 9.17) is 5.73 Å². The van der Waals surface area contributed by atoms with Gasteiger partial charge in [0.05, 0.1) is 17.6 Å². The molecule has 0 fully saturated rings. The molecule has 0 atom stereocenters. The predicted molar refractivity (Wildman–Crippen MR) is 114 cm³/mol. The summed E-state index contributed by atoms with van der Waals surface area (Å²) < 4.78 is 77.7. The number of nitrogens with two attached hydrogens (primary N) is 1. The fourth-order valence-corrected chi connectivity index (χ4v) is 3.22. The van der Waals surface area contributed by atoms with Gasteiger partial charge in [-0.25, -0.2) is 19.7 Å². The lowest BCUT2D eigenvalue weighted by molar-refractivity contribution is -0.141. The second-order valence-corrected chi connectivity index (χ2v) is 7.29. The number of benzene rings is 1. The first-order valence-corrected chi connectivity index (χ1v) is 9.80. The van der Waals surface area contributed by atoms with Crippen molar-refractivity contribution in [2.24, 2.45) is 0 Å². The number of rotatable bonds is 4. The van der Waals surface area contributed by atoms with Gasteiger partial charge in [-0.15, -0.1) is 0 Å². The average molecular weight is 495 g/mol. The highest BCUT2D eigenvalue weighted by Crippen LogP contribution is 2.31. The Morgan fingerprint density at radius 2 is 1.77 bits per heavy atom. The van der Waals surface area contributed by atoms with Gasteiger partial charge in [0.15, 0.2) is 5.69 Å². The van der Waals surface area contributed by atoms with E-state index in [0.29, 0.717) is 22.5 Å². The molecule has 4 rings (SSSR count). The smallest absolute Gasteiger partial charge is 0.368 e. The topological polar surface area (TPSA) is 110 Å². The molecule has 3 aromatic heterocycles. The lowest BCUT2D eigenvalue weighted by Gasteiger charge is -2.11. The minimum absolute atomic E-state index is 0.0343. The first-order valence-electron chi connectivity index (χ1n) is 9.80. The highest BCUT2D eigenvalue weighted by molar-refractivity contribution is 5.90. The summed E-state index contributed by atoms with van der Waals surface area (Å²) in [5.41, 5.74) is 6.31. The van der Waals surface area contributed by atoms with E-state index in [1.807, 2.05) is 0 Å². The second-order valence-electron chi connectivity index (χ2n) is 7.29. The van der Waals surface area contributed by atoms with Crippen molar-refractivity contribution in [2.75, 3.05) is 17.6 Å². The number of nitrogens with zero attached hydrogens (tertiary/aromatic N) is 4. The number of carbonyl (C=O) groups is 1. The Balaban J connectivity index is 1.61. The Kier molecular flexibility index (Phi) is 5.96. The number of anilines is 2. The Hall–Kier alpha value is -4.36. The van der Waals surface area contributed by atoms with Crippen LogP contribution in [0.25, 0.3) is 28.2 Å². The quantitative estimate of drug-likeness (QED) is 0.354. The molecule has 0 aliphatic rings. The van der Waals surface area contributed by atoms with Gasteiger partial charge in [0.2, 0.25) is 5.95 Å². The summed E-state index contributed by atoms with van der Waals surface area (Å²) in [4.78, 5) is 23.1. The van der Waals surface area contributed by atoms with Gasteiger partial charge in [-0.3, -0.25) is 4.40 Å². The van der Waals surface area contributed by atoms with E-state index in [2.05, 4.69) is 20.3 Å². The number of fused-ring (bicyclic) bond motifs is 1. The Morgan fingerprint density at radius 3 is 2.49 bits per heavy atom. The minimum atomic E-state index is -4.70. The standard InChI is InChI=1S/C21H15F6N7O/c22-20(23,24)10-30-19(35)31-13-3-1-2-12(6-13)15-9-29-17-7-11(4-5-34(15)17)14-8-16(21(25,26)27)33-18(28)32-14/h1-9H,10H2,(H2,28,32,33)(H2,30,31,35). The number of carbonyl (C=O) groups excluding carboxylic acids is 1. The van der Waals surface area contributed by atoms with Crippen molar-refractivity contribution in [1.29, 1.82) is 0 Å². The van der Waals surface area contributed by atoms with Crippen LogP contribution in [0.2, 0.25) is 0 Å². The maximum Gasteiger partial charge on any atom is 0.433 e. The molecule has 0 saturated heterocycles. The summed E-state index contributed by atoms with van der Waals surface area (Å²) in [6.07, 6.45) is -6.18. The molecule has 0 aliphatic heterocycles. The normalized spacial score (nSPS) is 12.1. The summed E-state index contributed by atoms with van der Waals surface area (Å²) in [6, 6.07) is 9.10. The number of pyridine rings is 1. The van der Waals surface area contributed by atoms with Crippen LogP contribution in [0.5, 0.6) is 0 Å². The van der Waals surface area contributed by atoms with Gasteiger partial charge < -0.3 is 16.4 Å². The van der Waals surface area contributed by atoms with Gasteiger partial charge in [-0.2, -0.15) is 26.3 Å². The third-order valence-corrected chi connectivity index (χ3v) is 4.71. The largest absolute Gasteiger partial charge is 0.433 e. The monoisotopic (exact) mass is 495 g/mol. The molecule has 0 unspecified atom stereocenters. The van der Waals surface area contributed by atoms with Crippen LogP contribution in [-0.4, -0.2) is 38.1 Å². The molecule has 8 nitrogen and oxygen atoms in total. The second kappa shape index (κ2) is 8.77. The number of hydrogen-bond donors (Lipinski definition) is 3. The highest BCUT2D eigenvalue weighted by atomic mass is 19.4. The molecule has 0 spiro atoms. The Morgan fingerprint density at radius 1 is 1.00 bits per heavy atom. The van der Waals surface area contributed by atoms with Crippen LogP contribution in [0.4, 0.5) is 42.8 Å². The number of hydrogen-bond acceptors (Lipinski definition) is 5. The van der Waals surface area contributed by atoms with Crippen molar-refractivity contribution < 1.29 is 31.1 Å². The molecule has 1 aromatic carbocycles. The molecule has 2 amide bonds. The van der Waals surface area contributed by atoms with Gasteiger partial charge in [0, 0.05) is 23.0 Å². The molecule has 0 bridgehead atoms. The number of alkyl halides is 6. The highest BCUT2D eigenvalue weighted by Gasteiger charge is 2.33. The van der Waals surface area contributed by atoms with Gasteiger partial charge in [0.25, 0.3) is 0 Å². The molecule has 35 heavy (non-hydrogen) atoms. The SMILES string of the molecule is Nc1nc(-c2ccn3c(-c4cccc(NC(=O)NCC(F)(F)F)c4)cnc3c2)cc(C(F)(F)F)n1. The van der Waals surface area contributed by atoms with E-state index in [-0.39, 0.29) is 11.4 Å². The number of amides is 2. The summed E-state index contributed by atoms with van der Waals surface area (Å²) in [5.74, 6) is -0.526. The van der Waals surface area contributed by atoms with Gasteiger partial charge in [0.1, 0.15) is 12.2 Å². The molecule has 182 valence electrons. The molecular formula is C21H15F6N7O. The van der Waals surface area contributed by atoms with Crippen LogP contribution >= 0.6 is 0 Å². The number of imidazole rings is 1. The van der Waals surface area contributed by atoms with Crippen molar-refractivity contribution >= 4 is 23.3 Å². The van der Waals surface area contributed by atoms with Gasteiger partial charge in [-0.1, -0.05) is 12.1 Å². The lowest BCUT2D eigenvalue weighted by Crippen LogP contribution is -2.36. The maximum atomic E-state index is 13.1. The van der Waals surface area contributed by atoms with Crippen LogP contribution in [0.3, 0.4) is 0 Å². The number of urea groups is 1. The summed E-state index contributed by atoms with van der Waals surface area (Å²) in [6.45, 7) is -1.48. The Bertz CT molecular complexity index is 1400. The minimum Gasteiger partial charge on any atom is -0.368 e. The zero-order valence-electron chi connectivity index (χ0n) is 17.4. The summed E-state index contributed by atoms with van der Waals surface area (Å²) in [5, 5.41) is 4.03. The van der Waals surface area contributed by atoms with Crippen LogP contribution < -0.4 is 16.4 Å². The van der Waals surface area contributed by atoms with E-state index in [0.717, 1.165) is 6.07 Å². The van der Waals surface area contributed by atoms with Crippen molar-refractivity contribution in [3.63, 3.8) is 0 Å². The predicted octanol–water partition coefficient (Wildman–Crippen LogP) is 4.74. The van der Waals surface area contributed by atoms with E-state index in [1.165, 1.54) is 30.5 Å². The number of halogens is 6. The van der Waals surface area contributed by atoms with Crippen LogP contribution in [0.15, 0.2) is 54.9 Å². The molecule has 4 N–H and O–H groups in total. The first-order chi connectivity index (χ1) is 16.4. The molecule has 0 saturated carbocycles. The van der Waals surface area contributed by atoms with Crippen LogP contribution in [0.1, 0.15) is 5.69 Å². The third-order valence-electron chi connectivity index (χ3n) is 4.71. The van der Waals surface area contributed by atoms with Crippen molar-refractivity contribution in [3.05, 3.63) is 60.6 Å². The molecule has 14 heteroatoms. The van der Waals surface area contributed by atoms with E-state index < -0.39 is 36.6 Å². The number of aromatic nitrogens is 4. The van der Waals surface area contributed by atoms with Crippen LogP contribution in [-0.2, 0) is 6.18 Å². The zero-order valence-corrected chi connectivity index (χ0v) is 17.4. The van der Waals surface area contributed by atoms with Crippen molar-refractivity contribution in [3.8, 4) is 22.5 Å². The first kappa shape index (κ1) is 23.8. The molecular weight excluding hydrogens is 480 g/mol. The third kappa shape index (κ3) is 5.59. The summed E-state index contributed by atoms with van der Waals surface area (Å²) >= 11 is 0. The summed E-state index contributed by atoms with van der Waals surface area (Å²) in [7, 11) is 0. The maximum absolute atomic E-state index is 13.1. The Labute approximate surface area is 192 Å². The zero-order chi connectivity index (χ0) is 25.4. The fourth-order valence-electron chi connectivity index (χ4n) is 3.22. The van der Waals surface area contributed by atoms with E-state index in [9.17, 15) is 31.1 Å². The molecule has 0 radical (unpaired) electrons. The average Bonchev–Trinajstić information content (AvgIpc) is 3.20. The fraction of sp³-hybridized carbons (Fsp3) is 0.143. The lowest BCUT2D eigenvalue weighted by atomic mass is 10.1. The molecule has 4 aromatic rings. The van der Waals surface area contributed by atoms with Gasteiger partial charge in [-0.05, 0) is 30.3 Å². The van der Waals surface area contributed by atoms with Crippen molar-refractivity contribution in [2.45, 2.75) is 12.4 Å². The number of nitrogens with one attached hydrogen (secondary N) is 2. The van der Waals surface area contributed by atoms with Crippen LogP contribution in [0, 0.1) is 0 Å². The van der Waals surface area contributed by atoms with Gasteiger partial charge >= 0.3 is 18.4 Å². The molecule has 0 aliphatic carbocycles. The van der Waals surface area contributed by atoms with Crippen molar-refractivity contribution in [1.82, 2.24) is 24.7 Å². The molecule has 3 heterocycles. The van der Waals surface area contributed by atoms with E-state index in [1.54, 1.807) is 28.0 Å². The number of nitrogen functional groups attached to an aromatic ring is 1.